The van der Waals surface area contributed by atoms with Crippen molar-refractivity contribution in [3.8, 4) is 11.5 Å². The Morgan fingerprint density at radius 2 is 1.89 bits per heavy atom. The van der Waals surface area contributed by atoms with E-state index in [0.29, 0.717) is 22.0 Å². The lowest BCUT2D eigenvalue weighted by Gasteiger charge is -2.12. The SMILES string of the molecule is COc1cc(/C=C2/SC(=O)N(c3cccc(Cl)c3)C2=O)ccc1OCC(=O)Nc1cccc([N+](=O)[O-])c1. The van der Waals surface area contributed by atoms with Gasteiger partial charge in [-0.25, -0.2) is 4.90 Å². The number of hydrogen-bond acceptors (Lipinski definition) is 8. The van der Waals surface area contributed by atoms with Crippen molar-refractivity contribution in [2.45, 2.75) is 0 Å². The molecule has 0 unspecified atom stereocenters. The Kier molecular flexibility index (Phi) is 7.75. The number of carbonyl (C=O) groups is 3. The minimum atomic E-state index is -0.559. The van der Waals surface area contributed by atoms with Crippen molar-refractivity contribution in [2.24, 2.45) is 0 Å². The second-order valence-electron chi connectivity index (χ2n) is 7.55. The lowest BCUT2D eigenvalue weighted by molar-refractivity contribution is -0.384. The summed E-state index contributed by atoms with van der Waals surface area (Å²) in [5.41, 5.74) is 1.06. The molecule has 0 radical (unpaired) electrons. The number of amides is 3. The molecule has 1 aliphatic heterocycles. The number of hydrogen-bond donors (Lipinski definition) is 1. The number of ether oxygens (including phenoxy) is 2. The quantitative estimate of drug-likeness (QED) is 0.225. The highest BCUT2D eigenvalue weighted by Gasteiger charge is 2.36. The fourth-order valence-electron chi connectivity index (χ4n) is 3.39. The maximum absolute atomic E-state index is 12.9. The minimum absolute atomic E-state index is 0.151. The molecule has 1 saturated heterocycles. The molecule has 1 N–H and O–H groups in total. The standard InChI is InChI=1S/C25H18ClN3O7S/c1-35-21-10-15(11-22-24(31)28(25(32)37-22)18-6-2-4-16(26)12-18)8-9-20(21)36-14-23(30)27-17-5-3-7-19(13-17)29(33)34/h2-13H,14H2,1H3,(H,27,30)/b22-11+. The first-order chi connectivity index (χ1) is 17.7. The van der Waals surface area contributed by atoms with Crippen LogP contribution in [0.3, 0.4) is 0 Å². The molecule has 1 fully saturated rings. The van der Waals surface area contributed by atoms with Gasteiger partial charge < -0.3 is 14.8 Å². The largest absolute Gasteiger partial charge is 0.493 e. The summed E-state index contributed by atoms with van der Waals surface area (Å²) in [5, 5.41) is 13.4. The topological polar surface area (TPSA) is 128 Å². The fraction of sp³-hybridized carbons (Fsp3) is 0.0800. The Balaban J connectivity index is 1.44. The van der Waals surface area contributed by atoms with E-state index in [-0.39, 0.29) is 28.6 Å². The summed E-state index contributed by atoms with van der Waals surface area (Å²) in [6.07, 6.45) is 1.55. The Labute approximate surface area is 220 Å². The molecule has 0 bridgehead atoms. The first kappa shape index (κ1) is 25.7. The van der Waals surface area contributed by atoms with Crippen molar-refractivity contribution in [2.75, 3.05) is 23.9 Å². The molecule has 0 saturated carbocycles. The summed E-state index contributed by atoms with van der Waals surface area (Å²) in [6.45, 7) is -0.378. The molecule has 3 amide bonds. The number of rotatable bonds is 8. The highest BCUT2D eigenvalue weighted by molar-refractivity contribution is 8.19. The van der Waals surface area contributed by atoms with E-state index < -0.39 is 22.0 Å². The minimum Gasteiger partial charge on any atom is -0.493 e. The van der Waals surface area contributed by atoms with Crippen LogP contribution in [0.5, 0.6) is 11.5 Å². The fourth-order valence-corrected chi connectivity index (χ4v) is 4.41. The lowest BCUT2D eigenvalue weighted by atomic mass is 10.2. The molecule has 3 aromatic rings. The molecule has 188 valence electrons. The van der Waals surface area contributed by atoms with Crippen molar-refractivity contribution < 1.29 is 28.8 Å². The van der Waals surface area contributed by atoms with Gasteiger partial charge in [0.05, 0.1) is 22.6 Å². The smallest absolute Gasteiger partial charge is 0.298 e. The summed E-state index contributed by atoms with van der Waals surface area (Å²) in [6, 6.07) is 16.8. The maximum Gasteiger partial charge on any atom is 0.298 e. The number of methoxy groups -OCH3 is 1. The van der Waals surface area contributed by atoms with Gasteiger partial charge in [-0.05, 0) is 59.8 Å². The number of non-ortho nitro benzene ring substituents is 1. The molecule has 0 aliphatic carbocycles. The summed E-state index contributed by atoms with van der Waals surface area (Å²) in [5.74, 6) is -0.442. The number of halogens is 1. The van der Waals surface area contributed by atoms with Crippen molar-refractivity contribution in [1.82, 2.24) is 0 Å². The molecule has 37 heavy (non-hydrogen) atoms. The Hall–Kier alpha value is -4.35. The third-order valence-corrected chi connectivity index (χ3v) is 6.15. The number of nitro groups is 1. The molecule has 0 spiro atoms. The highest BCUT2D eigenvalue weighted by atomic mass is 35.5. The van der Waals surface area contributed by atoms with Gasteiger partial charge in [0.15, 0.2) is 18.1 Å². The molecule has 0 atom stereocenters. The second kappa shape index (κ2) is 11.1. The molecule has 3 aromatic carbocycles. The van der Waals surface area contributed by atoms with E-state index >= 15 is 0 Å². The third-order valence-electron chi connectivity index (χ3n) is 5.05. The number of anilines is 2. The highest BCUT2D eigenvalue weighted by Crippen LogP contribution is 2.37. The molecule has 12 heteroatoms. The first-order valence-electron chi connectivity index (χ1n) is 10.6. The first-order valence-corrected chi connectivity index (χ1v) is 11.8. The van der Waals surface area contributed by atoms with Gasteiger partial charge in [0.2, 0.25) is 0 Å². The molecular weight excluding hydrogens is 522 g/mol. The number of thioether (sulfide) groups is 1. The molecule has 4 rings (SSSR count). The van der Waals surface area contributed by atoms with E-state index in [1.807, 2.05) is 0 Å². The zero-order valence-corrected chi connectivity index (χ0v) is 20.7. The van der Waals surface area contributed by atoms with Crippen LogP contribution in [0, 0.1) is 10.1 Å². The predicted molar refractivity (Wildman–Crippen MR) is 140 cm³/mol. The normalized spacial score (nSPS) is 14.1. The number of benzene rings is 3. The van der Waals surface area contributed by atoms with Gasteiger partial charge in [-0.15, -0.1) is 0 Å². The summed E-state index contributed by atoms with van der Waals surface area (Å²) >= 11 is 6.79. The van der Waals surface area contributed by atoms with Gasteiger partial charge in [0.25, 0.3) is 22.7 Å². The van der Waals surface area contributed by atoms with Crippen LogP contribution in [-0.4, -0.2) is 35.7 Å². The van der Waals surface area contributed by atoms with Gasteiger partial charge in [-0.1, -0.05) is 29.8 Å². The Morgan fingerprint density at radius 1 is 1.11 bits per heavy atom. The van der Waals surface area contributed by atoms with Crippen molar-refractivity contribution in [1.29, 1.82) is 0 Å². The van der Waals surface area contributed by atoms with Crippen LogP contribution in [0.2, 0.25) is 5.02 Å². The Bertz CT molecular complexity index is 1440. The van der Waals surface area contributed by atoms with E-state index in [1.54, 1.807) is 42.5 Å². The average Bonchev–Trinajstić information content (AvgIpc) is 3.15. The second-order valence-corrected chi connectivity index (χ2v) is 8.98. The number of imide groups is 1. The van der Waals surface area contributed by atoms with Gasteiger partial charge in [0, 0.05) is 22.8 Å². The van der Waals surface area contributed by atoms with Crippen molar-refractivity contribution in [3.05, 3.63) is 92.3 Å². The van der Waals surface area contributed by atoms with E-state index in [9.17, 15) is 24.5 Å². The molecule has 10 nitrogen and oxygen atoms in total. The number of nitro benzene ring substituents is 1. The van der Waals surface area contributed by atoms with Crippen molar-refractivity contribution in [3.63, 3.8) is 0 Å². The zero-order valence-electron chi connectivity index (χ0n) is 19.2. The van der Waals surface area contributed by atoms with Crippen LogP contribution in [0.4, 0.5) is 21.9 Å². The van der Waals surface area contributed by atoms with Gasteiger partial charge in [0.1, 0.15) is 0 Å². The van der Waals surface area contributed by atoms with Crippen LogP contribution in [0.15, 0.2) is 71.6 Å². The van der Waals surface area contributed by atoms with E-state index in [0.717, 1.165) is 16.7 Å². The zero-order chi connectivity index (χ0) is 26.5. The molecular formula is C25H18ClN3O7S. The molecule has 1 heterocycles. The Morgan fingerprint density at radius 3 is 2.62 bits per heavy atom. The van der Waals surface area contributed by atoms with Gasteiger partial charge >= 0.3 is 0 Å². The third kappa shape index (κ3) is 6.08. The number of carbonyl (C=O) groups excluding carboxylic acids is 3. The maximum atomic E-state index is 12.9. The summed E-state index contributed by atoms with van der Waals surface area (Å²) < 4.78 is 10.9. The molecule has 0 aromatic heterocycles. The van der Waals surface area contributed by atoms with Crippen LogP contribution < -0.4 is 19.7 Å². The monoisotopic (exact) mass is 539 g/mol. The van der Waals surface area contributed by atoms with Crippen LogP contribution >= 0.6 is 23.4 Å². The van der Waals surface area contributed by atoms with E-state index in [4.69, 9.17) is 21.1 Å². The van der Waals surface area contributed by atoms with E-state index in [2.05, 4.69) is 5.32 Å². The van der Waals surface area contributed by atoms with Crippen molar-refractivity contribution >= 4 is 63.6 Å². The van der Waals surface area contributed by atoms with E-state index in [1.165, 1.54) is 37.4 Å². The van der Waals surface area contributed by atoms with Crippen LogP contribution in [0.1, 0.15) is 5.56 Å². The van der Waals surface area contributed by atoms with Gasteiger partial charge in [-0.3, -0.25) is 24.5 Å². The lowest BCUT2D eigenvalue weighted by Crippen LogP contribution is -2.27. The van der Waals surface area contributed by atoms with Crippen LogP contribution in [0.25, 0.3) is 6.08 Å². The van der Waals surface area contributed by atoms with Crippen LogP contribution in [-0.2, 0) is 9.59 Å². The summed E-state index contributed by atoms with van der Waals surface area (Å²) in [7, 11) is 1.42. The summed E-state index contributed by atoms with van der Waals surface area (Å²) in [4.78, 5) is 49.2. The predicted octanol–water partition coefficient (Wildman–Crippen LogP) is 5.52. The number of nitrogens with one attached hydrogen (secondary N) is 1. The van der Waals surface area contributed by atoms with Gasteiger partial charge in [-0.2, -0.15) is 0 Å². The number of nitrogens with zero attached hydrogens (tertiary/aromatic N) is 2. The average molecular weight is 540 g/mol. The molecule has 1 aliphatic rings.